The van der Waals surface area contributed by atoms with E-state index in [0.29, 0.717) is 18.8 Å². The van der Waals surface area contributed by atoms with Crippen molar-refractivity contribution < 1.29 is 4.79 Å². The molecule has 1 amide bonds. The van der Waals surface area contributed by atoms with Gasteiger partial charge in [-0.05, 0) is 42.2 Å². The molecule has 0 radical (unpaired) electrons. The summed E-state index contributed by atoms with van der Waals surface area (Å²) in [6.45, 7) is 11.0. The van der Waals surface area contributed by atoms with Crippen molar-refractivity contribution in [3.8, 4) is 0 Å². The predicted molar refractivity (Wildman–Crippen MR) is 102 cm³/mol. The Bertz CT molecular complexity index is 481. The molecule has 4 heteroatoms. The fourth-order valence-corrected chi connectivity index (χ4v) is 2.50. The van der Waals surface area contributed by atoms with Crippen LogP contribution in [-0.4, -0.2) is 11.9 Å². The second-order valence-electron chi connectivity index (χ2n) is 7.66. The molecule has 0 aromatic heterocycles. The van der Waals surface area contributed by atoms with Crippen molar-refractivity contribution in [2.45, 2.75) is 66.3 Å². The molecule has 1 atom stereocenters. The minimum absolute atomic E-state index is 0. The van der Waals surface area contributed by atoms with Crippen molar-refractivity contribution in [3.05, 3.63) is 29.8 Å². The maximum absolute atomic E-state index is 12.3. The van der Waals surface area contributed by atoms with Crippen LogP contribution in [0.3, 0.4) is 0 Å². The quantitative estimate of drug-likeness (QED) is 0.713. The van der Waals surface area contributed by atoms with Gasteiger partial charge in [0.2, 0.25) is 5.91 Å². The fraction of sp³-hybridized carbons (Fsp3) is 0.632. The molecule has 1 unspecified atom stereocenters. The molecule has 132 valence electrons. The molecule has 0 fully saturated rings. The zero-order valence-corrected chi connectivity index (χ0v) is 16.0. The van der Waals surface area contributed by atoms with Gasteiger partial charge < -0.3 is 11.1 Å². The number of nitrogen functional groups attached to an aromatic ring is 1. The summed E-state index contributed by atoms with van der Waals surface area (Å²) >= 11 is 0. The lowest BCUT2D eigenvalue weighted by atomic mass is 9.82. The molecule has 0 heterocycles. The van der Waals surface area contributed by atoms with Gasteiger partial charge in [0.1, 0.15) is 0 Å². The zero-order chi connectivity index (χ0) is 16.8. The molecule has 0 saturated heterocycles. The average Bonchev–Trinajstić information content (AvgIpc) is 2.41. The van der Waals surface area contributed by atoms with E-state index in [1.807, 2.05) is 24.3 Å². The van der Waals surface area contributed by atoms with E-state index in [2.05, 4.69) is 39.9 Å². The minimum atomic E-state index is 0. The van der Waals surface area contributed by atoms with Crippen LogP contribution in [0.4, 0.5) is 5.69 Å². The summed E-state index contributed by atoms with van der Waals surface area (Å²) in [6.07, 6.45) is 3.34. The number of hydrogen-bond donors (Lipinski definition) is 2. The van der Waals surface area contributed by atoms with Gasteiger partial charge in [-0.25, -0.2) is 0 Å². The highest BCUT2D eigenvalue weighted by atomic mass is 35.5. The molecule has 1 rings (SSSR count). The summed E-state index contributed by atoms with van der Waals surface area (Å²) in [5.41, 5.74) is 7.82. The first-order valence-corrected chi connectivity index (χ1v) is 8.33. The van der Waals surface area contributed by atoms with Crippen LogP contribution in [0.5, 0.6) is 0 Å². The van der Waals surface area contributed by atoms with E-state index in [0.717, 1.165) is 24.1 Å². The number of halogens is 1. The highest BCUT2D eigenvalue weighted by molar-refractivity contribution is 5.85. The van der Waals surface area contributed by atoms with Crippen molar-refractivity contribution in [1.29, 1.82) is 0 Å². The molecule has 0 saturated carbocycles. The lowest BCUT2D eigenvalue weighted by Crippen LogP contribution is -2.44. The molecule has 1 aromatic carbocycles. The van der Waals surface area contributed by atoms with Crippen LogP contribution in [0.15, 0.2) is 24.3 Å². The second kappa shape index (κ2) is 9.82. The first-order chi connectivity index (χ1) is 10.2. The molecule has 3 N–H and O–H groups in total. The van der Waals surface area contributed by atoms with Crippen LogP contribution in [-0.2, 0) is 11.2 Å². The highest BCUT2D eigenvalue weighted by Gasteiger charge is 2.25. The van der Waals surface area contributed by atoms with E-state index in [4.69, 9.17) is 5.73 Å². The molecular weight excluding hydrogens is 308 g/mol. The summed E-state index contributed by atoms with van der Waals surface area (Å²) in [6, 6.07) is 7.97. The standard InChI is InChI=1S/C19H32N2O.ClH/c1-14(2)10-12-17(19(3,4)5)21-18(22)13-11-15-8-6-7-9-16(15)20;/h6-9,14,17H,10-13,20H2,1-5H3,(H,21,22);1H. The molecular formula is C19H33ClN2O. The Morgan fingerprint density at radius 2 is 1.78 bits per heavy atom. The Labute approximate surface area is 147 Å². The third kappa shape index (κ3) is 8.26. The molecule has 1 aromatic rings. The summed E-state index contributed by atoms with van der Waals surface area (Å²) in [5.74, 6) is 0.776. The molecule has 0 aliphatic heterocycles. The molecule has 0 aliphatic carbocycles. The van der Waals surface area contributed by atoms with Gasteiger partial charge in [0.25, 0.3) is 0 Å². The Morgan fingerprint density at radius 3 is 2.30 bits per heavy atom. The maximum atomic E-state index is 12.3. The fourth-order valence-electron chi connectivity index (χ4n) is 2.50. The number of anilines is 1. The SMILES string of the molecule is CC(C)CCC(NC(=O)CCc1ccccc1N)C(C)(C)C.Cl. The Hall–Kier alpha value is -1.22. The van der Waals surface area contributed by atoms with E-state index in [1.165, 1.54) is 0 Å². The number of carbonyl (C=O) groups is 1. The van der Waals surface area contributed by atoms with Gasteiger partial charge in [0, 0.05) is 18.2 Å². The van der Waals surface area contributed by atoms with Gasteiger partial charge >= 0.3 is 0 Å². The van der Waals surface area contributed by atoms with E-state index >= 15 is 0 Å². The van der Waals surface area contributed by atoms with Gasteiger partial charge in [0.05, 0.1) is 0 Å². The smallest absolute Gasteiger partial charge is 0.220 e. The van der Waals surface area contributed by atoms with Crippen LogP contribution >= 0.6 is 12.4 Å². The maximum Gasteiger partial charge on any atom is 0.220 e. The summed E-state index contributed by atoms with van der Waals surface area (Å²) in [7, 11) is 0. The third-order valence-corrected chi connectivity index (χ3v) is 4.09. The largest absolute Gasteiger partial charge is 0.399 e. The van der Waals surface area contributed by atoms with Gasteiger partial charge in [-0.2, -0.15) is 0 Å². The first kappa shape index (κ1) is 21.8. The molecule has 0 bridgehead atoms. The van der Waals surface area contributed by atoms with Gasteiger partial charge in [-0.3, -0.25) is 4.79 Å². The Kier molecular flexibility index (Phi) is 9.29. The lowest BCUT2D eigenvalue weighted by Gasteiger charge is -2.32. The van der Waals surface area contributed by atoms with Gasteiger partial charge in [-0.1, -0.05) is 52.8 Å². The molecule has 23 heavy (non-hydrogen) atoms. The van der Waals surface area contributed by atoms with E-state index in [9.17, 15) is 4.79 Å². The molecule has 3 nitrogen and oxygen atoms in total. The van der Waals surface area contributed by atoms with Gasteiger partial charge in [0.15, 0.2) is 0 Å². The number of nitrogens with one attached hydrogen (secondary N) is 1. The summed E-state index contributed by atoms with van der Waals surface area (Å²) in [4.78, 5) is 12.3. The van der Waals surface area contributed by atoms with Crippen molar-refractivity contribution in [2.24, 2.45) is 11.3 Å². The first-order valence-electron chi connectivity index (χ1n) is 8.33. The lowest BCUT2D eigenvalue weighted by molar-refractivity contribution is -0.122. The van der Waals surface area contributed by atoms with Crippen molar-refractivity contribution >= 4 is 24.0 Å². The van der Waals surface area contributed by atoms with Crippen molar-refractivity contribution in [3.63, 3.8) is 0 Å². The Morgan fingerprint density at radius 1 is 1.17 bits per heavy atom. The number of aryl methyl sites for hydroxylation is 1. The van der Waals surface area contributed by atoms with Crippen LogP contribution in [0.25, 0.3) is 0 Å². The van der Waals surface area contributed by atoms with Crippen molar-refractivity contribution in [1.82, 2.24) is 5.32 Å². The summed E-state index contributed by atoms with van der Waals surface area (Å²) in [5, 5.41) is 3.22. The number of para-hydroxylation sites is 1. The predicted octanol–water partition coefficient (Wildman–Crippen LogP) is 4.59. The number of amides is 1. The minimum Gasteiger partial charge on any atom is -0.399 e. The van der Waals surface area contributed by atoms with Crippen LogP contribution in [0.2, 0.25) is 0 Å². The van der Waals surface area contributed by atoms with E-state index in [-0.39, 0.29) is 29.8 Å². The van der Waals surface area contributed by atoms with Gasteiger partial charge in [-0.15, -0.1) is 12.4 Å². The number of rotatable bonds is 7. The second-order valence-corrected chi connectivity index (χ2v) is 7.66. The van der Waals surface area contributed by atoms with Crippen molar-refractivity contribution in [2.75, 3.05) is 5.73 Å². The Balaban J connectivity index is 0.00000484. The van der Waals surface area contributed by atoms with Crippen LogP contribution in [0.1, 0.15) is 59.4 Å². The summed E-state index contributed by atoms with van der Waals surface area (Å²) < 4.78 is 0. The number of benzene rings is 1. The monoisotopic (exact) mass is 340 g/mol. The highest BCUT2D eigenvalue weighted by Crippen LogP contribution is 2.24. The normalized spacial score (nSPS) is 12.6. The number of hydrogen-bond acceptors (Lipinski definition) is 2. The van der Waals surface area contributed by atoms with Crippen LogP contribution < -0.4 is 11.1 Å². The number of nitrogens with two attached hydrogens (primary N) is 1. The average molecular weight is 341 g/mol. The topological polar surface area (TPSA) is 55.1 Å². The number of carbonyl (C=O) groups excluding carboxylic acids is 1. The zero-order valence-electron chi connectivity index (χ0n) is 15.2. The van der Waals surface area contributed by atoms with Crippen LogP contribution in [0, 0.1) is 11.3 Å². The molecule has 0 aliphatic rings. The molecule has 0 spiro atoms. The van der Waals surface area contributed by atoms with E-state index in [1.54, 1.807) is 0 Å². The third-order valence-electron chi connectivity index (χ3n) is 4.09. The van der Waals surface area contributed by atoms with E-state index < -0.39 is 0 Å².